The highest BCUT2D eigenvalue weighted by Crippen LogP contribution is 2.34. The van der Waals surface area contributed by atoms with Crippen molar-refractivity contribution in [2.45, 2.75) is 19.8 Å². The molecule has 0 saturated heterocycles. The number of rotatable bonds is 7. The lowest BCUT2D eigenvalue weighted by atomic mass is 10.00. The van der Waals surface area contributed by atoms with E-state index in [1.807, 2.05) is 0 Å². The van der Waals surface area contributed by atoms with Gasteiger partial charge in [-0.05, 0) is 26.0 Å². The monoisotopic (exact) mass is 400 g/mol. The molecule has 0 aliphatic rings. The number of carbonyl (C=O) groups excluding carboxylic acids is 1. The minimum Gasteiger partial charge on any atom is -0.480 e. The van der Waals surface area contributed by atoms with Crippen molar-refractivity contribution in [1.29, 1.82) is 0 Å². The van der Waals surface area contributed by atoms with Crippen LogP contribution >= 0.6 is 0 Å². The smallest absolute Gasteiger partial charge is 0.320 e. The fourth-order valence-corrected chi connectivity index (χ4v) is 2.76. The van der Waals surface area contributed by atoms with Gasteiger partial charge in [-0.2, -0.15) is 5.10 Å². The van der Waals surface area contributed by atoms with E-state index in [0.29, 0.717) is 5.69 Å². The second kappa shape index (κ2) is 8.05. The Morgan fingerprint density at radius 3 is 2.45 bits per heavy atom. The van der Waals surface area contributed by atoms with E-state index in [2.05, 4.69) is 15.1 Å². The van der Waals surface area contributed by atoms with Gasteiger partial charge in [0.2, 0.25) is 11.8 Å². The molecule has 9 nitrogen and oxygen atoms in total. The lowest BCUT2D eigenvalue weighted by Crippen LogP contribution is -2.22. The molecule has 150 valence electrons. The minimum absolute atomic E-state index is 0.0105. The van der Waals surface area contributed by atoms with Crippen molar-refractivity contribution >= 4 is 11.8 Å². The highest BCUT2D eigenvalue weighted by atomic mass is 19.1. The molecule has 0 amide bonds. The van der Waals surface area contributed by atoms with E-state index in [-0.39, 0.29) is 29.0 Å². The van der Waals surface area contributed by atoms with Crippen LogP contribution in [0.3, 0.4) is 0 Å². The van der Waals surface area contributed by atoms with Crippen LogP contribution in [0, 0.1) is 12.7 Å². The van der Waals surface area contributed by atoms with Crippen molar-refractivity contribution in [3.8, 4) is 23.3 Å². The number of benzene rings is 1. The topological polar surface area (TPSA) is 116 Å². The predicted molar refractivity (Wildman–Crippen MR) is 97.6 cm³/mol. The maximum atomic E-state index is 13.8. The number of hydrogen-bond acceptors (Lipinski definition) is 7. The van der Waals surface area contributed by atoms with Gasteiger partial charge in [0.05, 0.1) is 6.07 Å². The van der Waals surface area contributed by atoms with E-state index in [1.54, 1.807) is 13.0 Å². The number of carbonyl (C=O) groups is 2. The fraction of sp³-hybridized carbons (Fsp3) is 0.211. The zero-order valence-corrected chi connectivity index (χ0v) is 15.8. The summed E-state index contributed by atoms with van der Waals surface area (Å²) in [5, 5.41) is 13.6. The van der Waals surface area contributed by atoms with Gasteiger partial charge in [0.15, 0.2) is 23.2 Å². The Labute approximate surface area is 164 Å². The normalized spacial score (nSPS) is 11.7. The molecule has 1 N–H and O–H groups in total. The van der Waals surface area contributed by atoms with Crippen molar-refractivity contribution in [1.82, 2.24) is 19.7 Å². The molecule has 3 rings (SSSR count). The number of para-hydroxylation sites is 1. The average Bonchev–Trinajstić information content (AvgIpc) is 2.91. The molecule has 1 aromatic carbocycles. The third-order valence-corrected chi connectivity index (χ3v) is 4.01. The second-order valence-electron chi connectivity index (χ2n) is 6.13. The molecule has 2 heterocycles. The summed E-state index contributed by atoms with van der Waals surface area (Å²) >= 11 is 0. The molecule has 0 bridgehead atoms. The number of halogens is 1. The van der Waals surface area contributed by atoms with Gasteiger partial charge in [0.25, 0.3) is 0 Å². The quantitative estimate of drug-likeness (QED) is 0.602. The summed E-state index contributed by atoms with van der Waals surface area (Å²) in [5.74, 6) is -3.82. The van der Waals surface area contributed by atoms with Gasteiger partial charge in [-0.1, -0.05) is 12.1 Å². The van der Waals surface area contributed by atoms with Gasteiger partial charge in [-0.25, -0.2) is 14.4 Å². The Morgan fingerprint density at radius 2 is 1.83 bits per heavy atom. The molecule has 0 aliphatic heterocycles. The van der Waals surface area contributed by atoms with Gasteiger partial charge in [0, 0.05) is 7.05 Å². The molecule has 10 heteroatoms. The number of nitrogens with zero attached hydrogens (tertiary/aromatic N) is 4. The van der Waals surface area contributed by atoms with Crippen LogP contribution in [0.2, 0.25) is 0 Å². The minimum atomic E-state index is -1.45. The third-order valence-electron chi connectivity index (χ3n) is 4.01. The number of aryl methyl sites for hydroxylation is 2. The Balaban J connectivity index is 1.94. The van der Waals surface area contributed by atoms with Crippen LogP contribution in [0.25, 0.3) is 0 Å². The Kier molecular flexibility index (Phi) is 5.53. The number of hydrogen-bond donors (Lipinski definition) is 1. The number of carboxylic acids is 1. The zero-order valence-electron chi connectivity index (χ0n) is 15.8. The molecule has 0 saturated carbocycles. The molecule has 1 atom stereocenters. The first-order chi connectivity index (χ1) is 13.8. The molecule has 0 spiro atoms. The van der Waals surface area contributed by atoms with Crippen molar-refractivity contribution in [2.75, 3.05) is 0 Å². The number of Topliss-reactive ketones (excluding diaryl/α,β-unsaturated/α-hetero) is 1. The summed E-state index contributed by atoms with van der Waals surface area (Å²) in [6, 6.07) is 7.12. The number of ether oxygens (including phenoxy) is 2. The first-order valence-corrected chi connectivity index (χ1v) is 8.47. The SMILES string of the molecule is CC(=O)C(C(=O)O)c1c(Oc2cc(Oc3ccccc3F)ncn2)c(C)nn1C. The maximum absolute atomic E-state index is 13.8. The third kappa shape index (κ3) is 4.21. The Morgan fingerprint density at radius 1 is 1.17 bits per heavy atom. The molecule has 29 heavy (non-hydrogen) atoms. The first-order valence-electron chi connectivity index (χ1n) is 8.47. The summed E-state index contributed by atoms with van der Waals surface area (Å²) in [5.41, 5.74) is 0.447. The van der Waals surface area contributed by atoms with Gasteiger partial charge in [-0.3, -0.25) is 14.3 Å². The molecular formula is C19H17FN4O5. The van der Waals surface area contributed by atoms with Crippen LogP contribution in [0.4, 0.5) is 4.39 Å². The second-order valence-corrected chi connectivity index (χ2v) is 6.13. The summed E-state index contributed by atoms with van der Waals surface area (Å²) in [6.07, 6.45) is 1.15. The van der Waals surface area contributed by atoms with Crippen molar-refractivity contribution < 1.29 is 28.6 Å². The van der Waals surface area contributed by atoms with Gasteiger partial charge >= 0.3 is 5.97 Å². The lowest BCUT2D eigenvalue weighted by molar-refractivity contribution is -0.142. The first kappa shape index (κ1) is 19.9. The van der Waals surface area contributed by atoms with E-state index in [9.17, 15) is 19.1 Å². The number of ketones is 1. The molecular weight excluding hydrogens is 383 g/mol. The number of aromatic nitrogens is 4. The van der Waals surface area contributed by atoms with Crippen molar-refractivity contribution in [3.05, 3.63) is 53.9 Å². The summed E-state index contributed by atoms with van der Waals surface area (Å²) in [4.78, 5) is 31.4. The van der Waals surface area contributed by atoms with Crippen molar-refractivity contribution in [3.63, 3.8) is 0 Å². The van der Waals surface area contributed by atoms with E-state index in [1.165, 1.54) is 42.9 Å². The highest BCUT2D eigenvalue weighted by molar-refractivity contribution is 6.02. The molecule has 0 fully saturated rings. The largest absolute Gasteiger partial charge is 0.480 e. The van der Waals surface area contributed by atoms with Crippen LogP contribution in [0.1, 0.15) is 24.2 Å². The van der Waals surface area contributed by atoms with E-state index in [0.717, 1.165) is 6.33 Å². The predicted octanol–water partition coefficient (Wildman–Crippen LogP) is 3.00. The molecule has 0 radical (unpaired) electrons. The Bertz CT molecular complexity index is 1070. The van der Waals surface area contributed by atoms with Crippen LogP contribution in [0.15, 0.2) is 36.7 Å². The van der Waals surface area contributed by atoms with Gasteiger partial charge in [0.1, 0.15) is 23.5 Å². The van der Waals surface area contributed by atoms with Gasteiger partial charge < -0.3 is 14.6 Å². The summed E-state index contributed by atoms with van der Waals surface area (Å²) in [7, 11) is 1.51. The molecule has 2 aromatic heterocycles. The van der Waals surface area contributed by atoms with Gasteiger partial charge in [-0.15, -0.1) is 0 Å². The van der Waals surface area contributed by atoms with Crippen LogP contribution in [-0.2, 0) is 16.6 Å². The lowest BCUT2D eigenvalue weighted by Gasteiger charge is -2.13. The van der Waals surface area contributed by atoms with E-state index >= 15 is 0 Å². The zero-order chi connectivity index (χ0) is 21.1. The summed E-state index contributed by atoms with van der Waals surface area (Å²) < 4.78 is 26.2. The van der Waals surface area contributed by atoms with Crippen LogP contribution in [0.5, 0.6) is 23.3 Å². The van der Waals surface area contributed by atoms with E-state index < -0.39 is 23.5 Å². The number of aliphatic carboxylic acids is 1. The number of carboxylic acid groups (broad SMARTS) is 1. The molecule has 1 unspecified atom stereocenters. The highest BCUT2D eigenvalue weighted by Gasteiger charge is 2.33. The Hall–Kier alpha value is -3.82. The molecule has 3 aromatic rings. The van der Waals surface area contributed by atoms with E-state index in [4.69, 9.17) is 9.47 Å². The molecule has 0 aliphatic carbocycles. The standard InChI is InChI=1S/C19H17FN4O5/c1-10-18(17(24(3)23-10)16(11(2)25)19(26)27)29-15-8-14(21-9-22-15)28-13-7-5-4-6-12(13)20/h4-9,16H,1-3H3,(H,26,27). The van der Waals surface area contributed by atoms with Crippen LogP contribution in [-0.4, -0.2) is 36.6 Å². The average molecular weight is 400 g/mol. The van der Waals surface area contributed by atoms with Crippen molar-refractivity contribution in [2.24, 2.45) is 7.05 Å². The maximum Gasteiger partial charge on any atom is 0.320 e. The summed E-state index contributed by atoms with van der Waals surface area (Å²) in [6.45, 7) is 2.78. The fourth-order valence-electron chi connectivity index (χ4n) is 2.76. The van der Waals surface area contributed by atoms with Crippen LogP contribution < -0.4 is 9.47 Å².